The zero-order chi connectivity index (χ0) is 20.7. The van der Waals surface area contributed by atoms with Gasteiger partial charge in [0.1, 0.15) is 28.5 Å². The van der Waals surface area contributed by atoms with Crippen molar-refractivity contribution in [3.05, 3.63) is 119 Å². The molecule has 0 saturated carbocycles. The predicted octanol–water partition coefficient (Wildman–Crippen LogP) is 5.28. The Morgan fingerprint density at radius 2 is 0.806 bits per heavy atom. The molecule has 0 unspecified atom stereocenters. The van der Waals surface area contributed by atoms with Gasteiger partial charge in [-0.05, 0) is 109 Å². The molecule has 0 nitrogen and oxygen atoms in total. The van der Waals surface area contributed by atoms with Gasteiger partial charge in [0.15, 0.2) is 0 Å². The Morgan fingerprint density at radius 3 is 1.26 bits per heavy atom. The monoisotopic (exact) mass is 419 g/mol. The Kier molecular flexibility index (Phi) is 4.77. The van der Waals surface area contributed by atoms with Crippen LogP contribution in [0.3, 0.4) is 0 Å². The van der Waals surface area contributed by atoms with Crippen molar-refractivity contribution in [2.75, 3.05) is 0 Å². The third-order valence-electron chi connectivity index (χ3n) is 7.23. The summed E-state index contributed by atoms with van der Waals surface area (Å²) in [6.07, 6.45) is 7.49. The minimum Gasteiger partial charge on any atom is -0.0620 e. The smallest absolute Gasteiger partial charge is 0.0620 e. The molecule has 1 heteroatoms. The van der Waals surface area contributed by atoms with E-state index >= 15 is 0 Å². The van der Waals surface area contributed by atoms with E-state index in [1.165, 1.54) is 59.7 Å². The molecule has 0 bridgehead atoms. The summed E-state index contributed by atoms with van der Waals surface area (Å²) in [5.74, 6) is 0. The van der Waals surface area contributed by atoms with Crippen LogP contribution in [-0.2, 0) is 25.7 Å². The van der Waals surface area contributed by atoms with Crippen molar-refractivity contribution >= 4 is 28.5 Å². The Bertz CT molecular complexity index is 1130. The maximum absolute atomic E-state index is 2.56. The lowest BCUT2D eigenvalue weighted by molar-refractivity contribution is 0.912. The highest BCUT2D eigenvalue weighted by molar-refractivity contribution is 8.01. The topological polar surface area (TPSA) is 0 Å². The quantitative estimate of drug-likeness (QED) is 0.395. The number of hydrogen-bond donors (Lipinski definition) is 0. The van der Waals surface area contributed by atoms with Gasteiger partial charge in [-0.3, -0.25) is 0 Å². The normalized spacial score (nSPS) is 15.0. The summed E-state index contributed by atoms with van der Waals surface area (Å²) < 4.78 is 0. The van der Waals surface area contributed by atoms with E-state index in [0.29, 0.717) is 0 Å². The maximum atomic E-state index is 2.56. The van der Waals surface area contributed by atoms with Gasteiger partial charge in [-0.2, -0.15) is 0 Å². The summed E-state index contributed by atoms with van der Waals surface area (Å²) in [5.41, 5.74) is 6.23. The molecule has 31 heavy (non-hydrogen) atoms. The molecular weight excluding hydrogens is 391 g/mol. The molecule has 0 amide bonds. The lowest BCUT2D eigenvalue weighted by Gasteiger charge is -2.28. The van der Waals surface area contributed by atoms with E-state index in [1.54, 1.807) is 22.3 Å². The molecule has 4 aromatic carbocycles. The zero-order valence-electron chi connectivity index (χ0n) is 17.9. The van der Waals surface area contributed by atoms with Crippen LogP contribution in [0.5, 0.6) is 0 Å². The molecule has 0 atom stereocenters. The third-order valence-corrected chi connectivity index (χ3v) is 11.5. The first-order valence-electron chi connectivity index (χ1n) is 11.6. The van der Waals surface area contributed by atoms with Crippen LogP contribution >= 0.6 is 7.26 Å². The van der Waals surface area contributed by atoms with Gasteiger partial charge < -0.3 is 0 Å². The summed E-state index contributed by atoms with van der Waals surface area (Å²) >= 11 is 0. The van der Waals surface area contributed by atoms with Crippen LogP contribution in [0.1, 0.15) is 35.1 Å². The van der Waals surface area contributed by atoms with Gasteiger partial charge in [0.2, 0.25) is 0 Å². The number of fused-ring (bicyclic) bond motifs is 2. The van der Waals surface area contributed by atoms with Gasteiger partial charge in [-0.1, -0.05) is 48.5 Å². The predicted molar refractivity (Wildman–Crippen MR) is 135 cm³/mol. The molecular formula is C30H28P+. The second-order valence-electron chi connectivity index (χ2n) is 8.96. The fraction of sp³-hybridized carbons (Fsp3) is 0.200. The van der Waals surface area contributed by atoms with Crippen LogP contribution in [0.2, 0.25) is 0 Å². The number of aryl methyl sites for hydroxylation is 4. The molecule has 4 aromatic rings. The van der Waals surface area contributed by atoms with Crippen molar-refractivity contribution < 1.29 is 0 Å². The van der Waals surface area contributed by atoms with Crippen molar-refractivity contribution in [3.63, 3.8) is 0 Å². The van der Waals surface area contributed by atoms with Gasteiger partial charge in [-0.15, -0.1) is 0 Å². The van der Waals surface area contributed by atoms with Crippen LogP contribution in [0, 0.1) is 0 Å². The molecule has 2 aliphatic carbocycles. The van der Waals surface area contributed by atoms with E-state index in [2.05, 4.69) is 97.1 Å². The molecule has 2 aliphatic rings. The zero-order valence-corrected chi connectivity index (χ0v) is 18.8. The van der Waals surface area contributed by atoms with E-state index in [1.807, 2.05) is 0 Å². The molecule has 0 fully saturated rings. The molecule has 152 valence electrons. The van der Waals surface area contributed by atoms with Crippen molar-refractivity contribution in [2.45, 2.75) is 38.5 Å². The average Bonchev–Trinajstić information content (AvgIpc) is 3.50. The fourth-order valence-corrected chi connectivity index (χ4v) is 10.1. The highest BCUT2D eigenvalue weighted by Gasteiger charge is 2.48. The third kappa shape index (κ3) is 3.08. The standard InChI is InChI=1S/C30H28P/c1-3-13-27(14-4-1)31(28-15-5-2-6-16-28,29-19-17-23-9-7-11-25(23)21-29)30-20-18-24-10-8-12-26(24)22-30/h1-6,13-22H,7-12H2/q+1. The van der Waals surface area contributed by atoms with Crippen molar-refractivity contribution in [1.82, 2.24) is 0 Å². The van der Waals surface area contributed by atoms with Gasteiger partial charge in [0.25, 0.3) is 0 Å². The maximum Gasteiger partial charge on any atom is 0.144 e. The fourth-order valence-electron chi connectivity index (χ4n) is 5.73. The highest BCUT2D eigenvalue weighted by Crippen LogP contribution is 2.55. The lowest BCUT2D eigenvalue weighted by Crippen LogP contribution is -2.39. The van der Waals surface area contributed by atoms with Crippen LogP contribution in [0.15, 0.2) is 97.1 Å². The Balaban J connectivity index is 1.70. The summed E-state index contributed by atoms with van der Waals surface area (Å²) in [6, 6.07) is 37.5. The Hall–Kier alpha value is -2.69. The molecule has 6 rings (SSSR count). The van der Waals surface area contributed by atoms with E-state index in [0.717, 1.165) is 0 Å². The number of hydrogen-bond acceptors (Lipinski definition) is 0. The number of rotatable bonds is 4. The van der Waals surface area contributed by atoms with Gasteiger partial charge in [0.05, 0.1) is 0 Å². The highest BCUT2D eigenvalue weighted by atomic mass is 31.2. The summed E-state index contributed by atoms with van der Waals surface area (Å²) in [4.78, 5) is 0. The molecule has 0 heterocycles. The summed E-state index contributed by atoms with van der Waals surface area (Å²) in [5, 5.41) is 5.92. The van der Waals surface area contributed by atoms with Gasteiger partial charge in [-0.25, -0.2) is 0 Å². The summed E-state index contributed by atoms with van der Waals surface area (Å²) in [7, 11) is -1.97. The molecule has 0 saturated heterocycles. The van der Waals surface area contributed by atoms with Crippen molar-refractivity contribution in [3.8, 4) is 0 Å². The lowest BCUT2D eigenvalue weighted by atomic mass is 10.1. The first-order valence-corrected chi connectivity index (χ1v) is 13.4. The van der Waals surface area contributed by atoms with Crippen LogP contribution in [0.4, 0.5) is 0 Å². The molecule has 0 aliphatic heterocycles. The van der Waals surface area contributed by atoms with Gasteiger partial charge in [0, 0.05) is 0 Å². The van der Waals surface area contributed by atoms with Crippen LogP contribution in [0.25, 0.3) is 0 Å². The first kappa shape index (κ1) is 19.0. The molecule has 0 N–H and O–H groups in total. The van der Waals surface area contributed by atoms with Crippen LogP contribution < -0.4 is 21.2 Å². The van der Waals surface area contributed by atoms with E-state index in [4.69, 9.17) is 0 Å². The van der Waals surface area contributed by atoms with Crippen LogP contribution in [-0.4, -0.2) is 0 Å². The minimum atomic E-state index is -1.97. The Labute approximate surface area is 186 Å². The SMILES string of the molecule is c1ccc([P+](c2ccccc2)(c2ccc3c(c2)CCC3)c2ccc3c(c2)CCC3)cc1. The summed E-state index contributed by atoms with van der Waals surface area (Å²) in [6.45, 7) is 0. The molecule has 0 aromatic heterocycles. The number of benzene rings is 4. The Morgan fingerprint density at radius 1 is 0.387 bits per heavy atom. The first-order chi connectivity index (χ1) is 15.4. The van der Waals surface area contributed by atoms with Crippen molar-refractivity contribution in [2.24, 2.45) is 0 Å². The average molecular weight is 420 g/mol. The minimum absolute atomic E-state index is 1.22. The van der Waals surface area contributed by atoms with Gasteiger partial charge >= 0.3 is 0 Å². The molecule has 0 radical (unpaired) electrons. The largest absolute Gasteiger partial charge is 0.144 e. The van der Waals surface area contributed by atoms with Crippen molar-refractivity contribution in [1.29, 1.82) is 0 Å². The van der Waals surface area contributed by atoms with E-state index in [9.17, 15) is 0 Å². The molecule has 0 spiro atoms. The second kappa shape index (κ2) is 7.77. The second-order valence-corrected chi connectivity index (χ2v) is 12.4. The van der Waals surface area contributed by atoms with E-state index < -0.39 is 7.26 Å². The van der Waals surface area contributed by atoms with E-state index in [-0.39, 0.29) is 0 Å².